The van der Waals surface area contributed by atoms with Crippen molar-refractivity contribution in [3.63, 3.8) is 0 Å². The molecule has 1 aliphatic carbocycles. The Balaban J connectivity index is 2.21. The molecule has 1 saturated carbocycles. The largest absolute Gasteiger partial charge is 0.376 e. The molecule has 1 N–H and O–H groups in total. The molecule has 1 rings (SSSR count). The molecule has 0 bridgehead atoms. The lowest BCUT2D eigenvalue weighted by Gasteiger charge is -2.29. The summed E-state index contributed by atoms with van der Waals surface area (Å²) in [6.07, 6.45) is 4.97. The molecule has 1 amide bonds. The van der Waals surface area contributed by atoms with Gasteiger partial charge in [0.05, 0.1) is 12.2 Å². The standard InChI is InChI=1S/C11H21NO2/c1-8(2)14-11-6-4-10(5-7-11)12-9(3)13/h8,10-11H,4-7H2,1-3H3,(H,12,13)/t10-,11+. The molecule has 1 aliphatic rings. The van der Waals surface area contributed by atoms with Crippen LogP contribution in [0.25, 0.3) is 0 Å². The van der Waals surface area contributed by atoms with E-state index in [2.05, 4.69) is 19.2 Å². The van der Waals surface area contributed by atoms with Crippen LogP contribution in [0.2, 0.25) is 0 Å². The smallest absolute Gasteiger partial charge is 0.217 e. The number of rotatable bonds is 3. The summed E-state index contributed by atoms with van der Waals surface area (Å²) < 4.78 is 5.73. The Bertz CT molecular complexity index is 184. The van der Waals surface area contributed by atoms with Crippen LogP contribution < -0.4 is 5.32 Å². The monoisotopic (exact) mass is 199 g/mol. The molecule has 82 valence electrons. The lowest BCUT2D eigenvalue weighted by Crippen LogP contribution is -2.38. The van der Waals surface area contributed by atoms with Crippen molar-refractivity contribution in [3.05, 3.63) is 0 Å². The maximum Gasteiger partial charge on any atom is 0.217 e. The number of hydrogen-bond acceptors (Lipinski definition) is 2. The summed E-state index contributed by atoms with van der Waals surface area (Å²) in [5.74, 6) is 0.0817. The van der Waals surface area contributed by atoms with Crippen molar-refractivity contribution in [2.45, 2.75) is 64.7 Å². The minimum absolute atomic E-state index is 0.0817. The molecule has 0 unspecified atom stereocenters. The van der Waals surface area contributed by atoms with Crippen molar-refractivity contribution in [1.29, 1.82) is 0 Å². The Morgan fingerprint density at radius 2 is 1.86 bits per heavy atom. The first-order valence-electron chi connectivity index (χ1n) is 5.50. The van der Waals surface area contributed by atoms with Crippen LogP contribution in [0, 0.1) is 0 Å². The summed E-state index contributed by atoms with van der Waals surface area (Å²) in [5, 5.41) is 2.96. The number of nitrogens with one attached hydrogen (secondary N) is 1. The number of amides is 1. The van der Waals surface area contributed by atoms with Crippen LogP contribution in [0.15, 0.2) is 0 Å². The summed E-state index contributed by atoms with van der Waals surface area (Å²) >= 11 is 0. The third-order valence-corrected chi connectivity index (χ3v) is 2.55. The lowest BCUT2D eigenvalue weighted by atomic mass is 9.93. The van der Waals surface area contributed by atoms with Crippen LogP contribution in [0.3, 0.4) is 0 Å². The summed E-state index contributed by atoms with van der Waals surface area (Å²) in [4.78, 5) is 10.8. The molecule has 0 saturated heterocycles. The van der Waals surface area contributed by atoms with E-state index in [0.29, 0.717) is 18.2 Å². The first-order valence-corrected chi connectivity index (χ1v) is 5.50. The minimum Gasteiger partial charge on any atom is -0.376 e. The number of carbonyl (C=O) groups excluding carboxylic acids is 1. The average Bonchev–Trinajstić information content (AvgIpc) is 2.06. The van der Waals surface area contributed by atoms with Gasteiger partial charge in [-0.15, -0.1) is 0 Å². The molecule has 0 radical (unpaired) electrons. The Hall–Kier alpha value is -0.570. The highest BCUT2D eigenvalue weighted by molar-refractivity contribution is 5.73. The second-order valence-electron chi connectivity index (χ2n) is 4.36. The van der Waals surface area contributed by atoms with E-state index in [1.807, 2.05) is 0 Å². The van der Waals surface area contributed by atoms with Gasteiger partial charge in [-0.1, -0.05) is 0 Å². The quantitative estimate of drug-likeness (QED) is 0.753. The summed E-state index contributed by atoms with van der Waals surface area (Å²) in [6.45, 7) is 5.72. The van der Waals surface area contributed by atoms with E-state index in [4.69, 9.17) is 4.74 Å². The van der Waals surface area contributed by atoms with Gasteiger partial charge in [-0.25, -0.2) is 0 Å². The van der Waals surface area contributed by atoms with Gasteiger partial charge in [-0.05, 0) is 39.5 Å². The van der Waals surface area contributed by atoms with E-state index in [1.54, 1.807) is 6.92 Å². The molecule has 0 aromatic carbocycles. The molecule has 14 heavy (non-hydrogen) atoms. The normalized spacial score (nSPS) is 27.7. The van der Waals surface area contributed by atoms with Crippen LogP contribution in [0.5, 0.6) is 0 Å². The van der Waals surface area contributed by atoms with Crippen molar-refractivity contribution < 1.29 is 9.53 Å². The third-order valence-electron chi connectivity index (χ3n) is 2.55. The SMILES string of the molecule is CC(=O)N[C@H]1CC[C@@H](OC(C)C)CC1. The van der Waals surface area contributed by atoms with E-state index in [9.17, 15) is 4.79 Å². The lowest BCUT2D eigenvalue weighted by molar-refractivity contribution is -0.120. The van der Waals surface area contributed by atoms with Gasteiger partial charge in [0.15, 0.2) is 0 Å². The third kappa shape index (κ3) is 4.09. The number of hydrogen-bond donors (Lipinski definition) is 1. The van der Waals surface area contributed by atoms with Crippen molar-refractivity contribution >= 4 is 5.91 Å². The summed E-state index contributed by atoms with van der Waals surface area (Å²) in [5.41, 5.74) is 0. The Labute approximate surface area is 86.2 Å². The highest BCUT2D eigenvalue weighted by Gasteiger charge is 2.22. The molecule has 0 atom stereocenters. The van der Waals surface area contributed by atoms with E-state index < -0.39 is 0 Å². The van der Waals surface area contributed by atoms with Gasteiger partial charge >= 0.3 is 0 Å². The summed E-state index contributed by atoms with van der Waals surface area (Å²) in [6, 6.07) is 0.375. The van der Waals surface area contributed by atoms with Crippen molar-refractivity contribution in [1.82, 2.24) is 5.32 Å². The average molecular weight is 199 g/mol. The zero-order valence-electron chi connectivity index (χ0n) is 9.38. The molecule has 0 aromatic rings. The fourth-order valence-corrected chi connectivity index (χ4v) is 2.02. The molecule has 1 fully saturated rings. The fourth-order valence-electron chi connectivity index (χ4n) is 2.02. The molecule has 0 aromatic heterocycles. The van der Waals surface area contributed by atoms with Crippen molar-refractivity contribution in [2.24, 2.45) is 0 Å². The Morgan fingerprint density at radius 1 is 1.29 bits per heavy atom. The van der Waals surface area contributed by atoms with Gasteiger partial charge in [0.1, 0.15) is 0 Å². The molecule has 0 aliphatic heterocycles. The molecule has 3 heteroatoms. The molecule has 0 spiro atoms. The molecular formula is C11H21NO2. The fraction of sp³-hybridized carbons (Fsp3) is 0.909. The zero-order valence-corrected chi connectivity index (χ0v) is 9.38. The number of carbonyl (C=O) groups is 1. The van der Waals surface area contributed by atoms with Gasteiger partial charge in [-0.3, -0.25) is 4.79 Å². The molecule has 0 heterocycles. The van der Waals surface area contributed by atoms with Gasteiger partial charge in [0, 0.05) is 13.0 Å². The van der Waals surface area contributed by atoms with Crippen LogP contribution in [0.4, 0.5) is 0 Å². The Morgan fingerprint density at radius 3 is 2.29 bits per heavy atom. The first kappa shape index (κ1) is 11.5. The molecule has 3 nitrogen and oxygen atoms in total. The van der Waals surface area contributed by atoms with Crippen LogP contribution >= 0.6 is 0 Å². The van der Waals surface area contributed by atoms with E-state index in [0.717, 1.165) is 25.7 Å². The zero-order chi connectivity index (χ0) is 10.6. The van der Waals surface area contributed by atoms with Crippen molar-refractivity contribution in [3.8, 4) is 0 Å². The van der Waals surface area contributed by atoms with Gasteiger partial charge in [0.2, 0.25) is 5.91 Å². The second-order valence-corrected chi connectivity index (χ2v) is 4.36. The second kappa shape index (κ2) is 5.35. The van der Waals surface area contributed by atoms with E-state index >= 15 is 0 Å². The highest BCUT2D eigenvalue weighted by atomic mass is 16.5. The van der Waals surface area contributed by atoms with Crippen LogP contribution in [-0.4, -0.2) is 24.2 Å². The highest BCUT2D eigenvalue weighted by Crippen LogP contribution is 2.22. The topological polar surface area (TPSA) is 38.3 Å². The van der Waals surface area contributed by atoms with Crippen LogP contribution in [0.1, 0.15) is 46.5 Å². The Kier molecular flexibility index (Phi) is 4.39. The predicted molar refractivity (Wildman–Crippen MR) is 56.1 cm³/mol. The van der Waals surface area contributed by atoms with Gasteiger partial charge in [0.25, 0.3) is 0 Å². The van der Waals surface area contributed by atoms with Crippen molar-refractivity contribution in [2.75, 3.05) is 0 Å². The van der Waals surface area contributed by atoms with Crippen LogP contribution in [-0.2, 0) is 9.53 Å². The van der Waals surface area contributed by atoms with E-state index in [-0.39, 0.29) is 5.91 Å². The molecular weight excluding hydrogens is 178 g/mol. The summed E-state index contributed by atoms with van der Waals surface area (Å²) in [7, 11) is 0. The number of ether oxygens (including phenoxy) is 1. The van der Waals surface area contributed by atoms with Gasteiger partial charge < -0.3 is 10.1 Å². The maximum absolute atomic E-state index is 10.8. The van der Waals surface area contributed by atoms with Gasteiger partial charge in [-0.2, -0.15) is 0 Å². The van der Waals surface area contributed by atoms with E-state index in [1.165, 1.54) is 0 Å². The predicted octanol–water partition coefficient (Wildman–Crippen LogP) is 1.86. The minimum atomic E-state index is 0.0817. The first-order chi connectivity index (χ1) is 6.58. The maximum atomic E-state index is 10.8.